The Morgan fingerprint density at radius 3 is 2.53 bits per heavy atom. The first-order valence-electron chi connectivity index (χ1n) is 10.9. The minimum Gasteiger partial charge on any atom is -0.366 e. The third kappa shape index (κ3) is 3.56. The molecule has 0 radical (unpaired) electrons. The number of nitrogens with two attached hydrogens (primary N) is 1. The molecule has 0 unspecified atom stereocenters. The second-order valence-corrected chi connectivity index (χ2v) is 8.74. The number of benzene rings is 1. The van der Waals surface area contributed by atoms with Gasteiger partial charge in [0.2, 0.25) is 5.91 Å². The Bertz CT molecular complexity index is 1050. The van der Waals surface area contributed by atoms with Crippen molar-refractivity contribution in [1.29, 1.82) is 0 Å². The Labute approximate surface area is 177 Å². The number of amides is 1. The third-order valence-electron chi connectivity index (χ3n) is 6.88. The van der Waals surface area contributed by atoms with Crippen LogP contribution in [0.2, 0.25) is 0 Å². The van der Waals surface area contributed by atoms with Crippen molar-refractivity contribution in [1.82, 2.24) is 14.9 Å². The number of anilines is 1. The van der Waals surface area contributed by atoms with E-state index in [2.05, 4.69) is 34.0 Å². The second kappa shape index (κ2) is 7.76. The Balaban J connectivity index is 1.28. The van der Waals surface area contributed by atoms with Crippen LogP contribution in [0, 0.1) is 0 Å². The predicted molar refractivity (Wildman–Crippen MR) is 120 cm³/mol. The van der Waals surface area contributed by atoms with Crippen LogP contribution in [0.3, 0.4) is 0 Å². The Morgan fingerprint density at radius 2 is 1.87 bits per heavy atom. The molecule has 0 spiro atoms. The Kier molecular flexibility index (Phi) is 4.95. The van der Waals surface area contributed by atoms with Crippen LogP contribution in [-0.4, -0.2) is 47.5 Å². The maximum absolute atomic E-state index is 11.3. The molecule has 1 atom stereocenters. The van der Waals surface area contributed by atoms with Crippen molar-refractivity contribution in [2.45, 2.75) is 37.6 Å². The molecule has 6 nitrogen and oxygen atoms in total. The average Bonchev–Trinajstić information content (AvgIpc) is 3.39. The summed E-state index contributed by atoms with van der Waals surface area (Å²) in [6.45, 7) is 3.14. The van der Waals surface area contributed by atoms with Gasteiger partial charge < -0.3 is 15.6 Å². The van der Waals surface area contributed by atoms with E-state index in [1.807, 2.05) is 30.5 Å². The number of fused-ring (bicyclic) bond motifs is 1. The molecular formula is C24H29N5O. The van der Waals surface area contributed by atoms with Crippen LogP contribution in [-0.2, 0) is 0 Å². The third-order valence-corrected chi connectivity index (χ3v) is 6.88. The number of rotatable bonds is 4. The van der Waals surface area contributed by atoms with Crippen LogP contribution in [0.15, 0.2) is 42.6 Å². The SMILES string of the molecule is CN1CCC[C@@H]1c1cc2cnc(N3CCC(c4ccc(C(N)=O)cc4)CC3)cc2[nH]1. The van der Waals surface area contributed by atoms with Gasteiger partial charge >= 0.3 is 0 Å². The van der Waals surface area contributed by atoms with Crippen LogP contribution in [0.25, 0.3) is 10.9 Å². The summed E-state index contributed by atoms with van der Waals surface area (Å²) in [5, 5.41) is 1.19. The fourth-order valence-corrected chi connectivity index (χ4v) is 5.05. The summed E-state index contributed by atoms with van der Waals surface area (Å²) in [5.74, 6) is 1.20. The van der Waals surface area contributed by atoms with Crippen LogP contribution >= 0.6 is 0 Å². The van der Waals surface area contributed by atoms with Gasteiger partial charge in [0.1, 0.15) is 5.82 Å². The monoisotopic (exact) mass is 403 g/mol. The lowest BCUT2D eigenvalue weighted by Crippen LogP contribution is -2.33. The van der Waals surface area contributed by atoms with Crippen LogP contribution in [0.4, 0.5) is 5.82 Å². The first-order chi connectivity index (χ1) is 14.6. The van der Waals surface area contributed by atoms with Crippen molar-refractivity contribution in [2.24, 2.45) is 5.73 Å². The fraction of sp³-hybridized carbons (Fsp3) is 0.417. The minimum atomic E-state index is -0.370. The highest BCUT2D eigenvalue weighted by Crippen LogP contribution is 2.34. The van der Waals surface area contributed by atoms with Crippen molar-refractivity contribution in [3.05, 3.63) is 59.4 Å². The summed E-state index contributed by atoms with van der Waals surface area (Å²) in [6.07, 6.45) is 6.66. The highest BCUT2D eigenvalue weighted by atomic mass is 16.1. The van der Waals surface area contributed by atoms with Crippen LogP contribution < -0.4 is 10.6 Å². The molecule has 0 aliphatic carbocycles. The normalized spacial score (nSPS) is 20.8. The molecule has 2 aliphatic rings. The van der Waals surface area contributed by atoms with Gasteiger partial charge in [-0.15, -0.1) is 0 Å². The number of pyridine rings is 1. The van der Waals surface area contributed by atoms with Gasteiger partial charge in [0.25, 0.3) is 0 Å². The summed E-state index contributed by atoms with van der Waals surface area (Å²) in [6, 6.07) is 12.7. The maximum atomic E-state index is 11.3. The van der Waals surface area contributed by atoms with Gasteiger partial charge in [-0.1, -0.05) is 12.1 Å². The van der Waals surface area contributed by atoms with E-state index in [0.717, 1.165) is 31.7 Å². The summed E-state index contributed by atoms with van der Waals surface area (Å²) in [5.41, 5.74) is 9.70. The van der Waals surface area contributed by atoms with Crippen LogP contribution in [0.1, 0.15) is 59.3 Å². The zero-order valence-electron chi connectivity index (χ0n) is 17.5. The number of carbonyl (C=O) groups excluding carboxylic acids is 1. The van der Waals surface area contributed by atoms with Crippen molar-refractivity contribution in [3.63, 3.8) is 0 Å². The maximum Gasteiger partial charge on any atom is 0.248 e. The molecule has 4 heterocycles. The zero-order valence-corrected chi connectivity index (χ0v) is 17.5. The number of nitrogens with one attached hydrogen (secondary N) is 1. The van der Waals surface area contributed by atoms with E-state index in [4.69, 9.17) is 10.7 Å². The molecule has 0 saturated carbocycles. The number of nitrogens with zero attached hydrogens (tertiary/aromatic N) is 3. The van der Waals surface area contributed by atoms with E-state index < -0.39 is 0 Å². The summed E-state index contributed by atoms with van der Waals surface area (Å²) >= 11 is 0. The predicted octanol–water partition coefficient (Wildman–Crippen LogP) is 3.81. The van der Waals surface area contributed by atoms with E-state index >= 15 is 0 Å². The largest absolute Gasteiger partial charge is 0.366 e. The number of likely N-dealkylation sites (tertiary alicyclic amines) is 1. The zero-order chi connectivity index (χ0) is 20.7. The number of hydrogen-bond donors (Lipinski definition) is 2. The van der Waals surface area contributed by atoms with Crippen molar-refractivity contribution >= 4 is 22.6 Å². The highest BCUT2D eigenvalue weighted by Gasteiger charge is 2.25. The molecule has 156 valence electrons. The molecule has 3 aromatic rings. The minimum absolute atomic E-state index is 0.370. The summed E-state index contributed by atoms with van der Waals surface area (Å²) in [7, 11) is 2.21. The Morgan fingerprint density at radius 1 is 1.10 bits per heavy atom. The summed E-state index contributed by atoms with van der Waals surface area (Å²) in [4.78, 5) is 24.5. The molecule has 1 aromatic carbocycles. The van der Waals surface area contributed by atoms with Gasteiger partial charge in [-0.25, -0.2) is 4.98 Å². The van der Waals surface area contributed by atoms with E-state index in [9.17, 15) is 4.79 Å². The number of H-pyrrole nitrogens is 1. The first kappa shape index (κ1) is 19.1. The van der Waals surface area contributed by atoms with Gasteiger partial charge in [-0.3, -0.25) is 9.69 Å². The number of piperidine rings is 1. The first-order valence-corrected chi connectivity index (χ1v) is 10.9. The molecule has 2 saturated heterocycles. The van der Waals surface area contributed by atoms with E-state index in [1.54, 1.807) is 0 Å². The molecule has 1 amide bonds. The fourth-order valence-electron chi connectivity index (χ4n) is 5.05. The van der Waals surface area contributed by atoms with E-state index in [0.29, 0.717) is 17.5 Å². The average molecular weight is 404 g/mol. The molecular weight excluding hydrogens is 374 g/mol. The lowest BCUT2D eigenvalue weighted by Gasteiger charge is -2.33. The standard InChI is InChI=1S/C24H29N5O/c1-28-10-2-3-22(28)21-13-19-15-26-23(14-20(19)27-21)29-11-8-17(9-12-29)16-4-6-18(7-5-16)24(25)30/h4-7,13-15,17,22,27H,2-3,8-12H2,1H3,(H2,25,30)/t22-/m1/s1. The number of carbonyl (C=O) groups is 1. The van der Waals surface area contributed by atoms with Gasteiger partial charge in [0, 0.05) is 48.0 Å². The Hall–Kier alpha value is -2.86. The number of aromatic nitrogens is 2. The molecule has 2 aromatic heterocycles. The van der Waals surface area contributed by atoms with Gasteiger partial charge in [-0.05, 0) is 69.0 Å². The molecule has 5 rings (SSSR count). The van der Waals surface area contributed by atoms with E-state index in [-0.39, 0.29) is 5.91 Å². The number of primary amides is 1. The highest BCUT2D eigenvalue weighted by molar-refractivity contribution is 5.92. The van der Waals surface area contributed by atoms with Gasteiger partial charge in [0.15, 0.2) is 0 Å². The lowest BCUT2D eigenvalue weighted by molar-refractivity contribution is 0.100. The van der Waals surface area contributed by atoms with E-state index in [1.165, 1.54) is 41.5 Å². The van der Waals surface area contributed by atoms with Crippen LogP contribution in [0.5, 0.6) is 0 Å². The molecule has 6 heteroatoms. The van der Waals surface area contributed by atoms with Crippen molar-refractivity contribution in [3.8, 4) is 0 Å². The second-order valence-electron chi connectivity index (χ2n) is 8.74. The van der Waals surface area contributed by atoms with Gasteiger partial charge in [-0.2, -0.15) is 0 Å². The molecule has 2 fully saturated rings. The molecule has 30 heavy (non-hydrogen) atoms. The topological polar surface area (TPSA) is 78.2 Å². The molecule has 3 N–H and O–H groups in total. The molecule has 0 bridgehead atoms. The lowest BCUT2D eigenvalue weighted by atomic mass is 9.89. The van der Waals surface area contributed by atoms with Crippen molar-refractivity contribution in [2.75, 3.05) is 31.6 Å². The smallest absolute Gasteiger partial charge is 0.248 e. The molecule has 2 aliphatic heterocycles. The summed E-state index contributed by atoms with van der Waals surface area (Å²) < 4.78 is 0. The number of hydrogen-bond acceptors (Lipinski definition) is 4. The quantitative estimate of drug-likeness (QED) is 0.694. The van der Waals surface area contributed by atoms with Gasteiger partial charge in [0.05, 0.1) is 5.52 Å². The van der Waals surface area contributed by atoms with Crippen molar-refractivity contribution < 1.29 is 4.79 Å². The number of aromatic amines is 1.